The zero-order valence-electron chi connectivity index (χ0n) is 12.1. The number of hydrogen-bond donors (Lipinski definition) is 1. The number of amides is 1. The second-order valence-corrected chi connectivity index (χ2v) is 6.40. The van der Waals surface area contributed by atoms with E-state index in [1.807, 2.05) is 19.1 Å². The number of nitrogens with zero attached hydrogens (tertiary/aromatic N) is 2. The van der Waals surface area contributed by atoms with Crippen LogP contribution in [0.2, 0.25) is 0 Å². The van der Waals surface area contributed by atoms with Gasteiger partial charge < -0.3 is 14.4 Å². The molecule has 0 aliphatic heterocycles. The molecule has 2 heterocycles. The Balaban J connectivity index is 1.68. The van der Waals surface area contributed by atoms with Gasteiger partial charge in [0.1, 0.15) is 11.5 Å². The summed E-state index contributed by atoms with van der Waals surface area (Å²) in [5.41, 5.74) is 0.398. The maximum absolute atomic E-state index is 12.3. The van der Waals surface area contributed by atoms with Gasteiger partial charge in [0, 0.05) is 19.0 Å². The molecule has 3 rings (SSSR count). The molecule has 1 fully saturated rings. The van der Waals surface area contributed by atoms with E-state index in [9.17, 15) is 9.90 Å². The van der Waals surface area contributed by atoms with E-state index in [-0.39, 0.29) is 5.91 Å². The number of furan rings is 1. The van der Waals surface area contributed by atoms with Crippen LogP contribution in [0, 0.1) is 12.8 Å². The number of likely N-dealkylation sites (N-methyl/N-ethyl adjacent to an activating group) is 1. The van der Waals surface area contributed by atoms with Crippen LogP contribution in [0.4, 0.5) is 0 Å². The number of hydrogen-bond acceptors (Lipinski definition) is 5. The molecule has 2 aromatic heterocycles. The van der Waals surface area contributed by atoms with Crippen LogP contribution in [0.3, 0.4) is 0 Å². The monoisotopic (exact) mass is 306 g/mol. The van der Waals surface area contributed by atoms with Crippen LogP contribution in [0.5, 0.6) is 0 Å². The standard InChI is InChI=1S/C15H18N2O3S/c1-9-3-6-13(20-9)14-16-11(8-21-14)15(19)17(2)7-12(18)10-4-5-10/h3,6,8,10,12,18H,4-5,7H2,1-2H3. The van der Waals surface area contributed by atoms with Gasteiger partial charge in [0.25, 0.3) is 5.91 Å². The van der Waals surface area contributed by atoms with Gasteiger partial charge in [-0.3, -0.25) is 4.79 Å². The second-order valence-electron chi connectivity index (χ2n) is 5.54. The van der Waals surface area contributed by atoms with Crippen molar-refractivity contribution in [3.63, 3.8) is 0 Å². The molecule has 1 saturated carbocycles. The summed E-state index contributed by atoms with van der Waals surface area (Å²) in [5, 5.41) is 12.3. The molecule has 2 aromatic rings. The highest BCUT2D eigenvalue weighted by molar-refractivity contribution is 7.13. The van der Waals surface area contributed by atoms with Gasteiger partial charge in [-0.1, -0.05) is 0 Å². The number of aromatic nitrogens is 1. The molecular formula is C15H18N2O3S. The molecule has 5 nitrogen and oxygen atoms in total. The van der Waals surface area contributed by atoms with Crippen LogP contribution in [0.25, 0.3) is 10.8 Å². The lowest BCUT2D eigenvalue weighted by molar-refractivity contribution is 0.0641. The summed E-state index contributed by atoms with van der Waals surface area (Å²) >= 11 is 1.38. The van der Waals surface area contributed by atoms with Gasteiger partial charge in [0.05, 0.1) is 6.10 Å². The summed E-state index contributed by atoms with van der Waals surface area (Å²) in [6, 6.07) is 3.72. The van der Waals surface area contributed by atoms with Gasteiger partial charge in [0.15, 0.2) is 10.8 Å². The first-order chi connectivity index (χ1) is 10.0. The maximum Gasteiger partial charge on any atom is 0.273 e. The quantitative estimate of drug-likeness (QED) is 0.922. The zero-order valence-corrected chi connectivity index (χ0v) is 12.9. The number of aliphatic hydroxyl groups is 1. The fraction of sp³-hybridized carbons (Fsp3) is 0.467. The molecule has 112 valence electrons. The molecular weight excluding hydrogens is 288 g/mol. The minimum absolute atomic E-state index is 0.166. The third kappa shape index (κ3) is 3.16. The normalized spacial score (nSPS) is 16.0. The number of thiazole rings is 1. The average Bonchev–Trinajstić information content (AvgIpc) is 3.04. The summed E-state index contributed by atoms with van der Waals surface area (Å²) in [6.45, 7) is 2.23. The first kappa shape index (κ1) is 14.3. The molecule has 1 aliphatic rings. The fourth-order valence-corrected chi connectivity index (χ4v) is 2.98. The number of carbonyl (C=O) groups excluding carboxylic acids is 1. The molecule has 1 atom stereocenters. The Morgan fingerprint density at radius 2 is 2.33 bits per heavy atom. The Kier molecular flexibility index (Phi) is 3.82. The summed E-state index contributed by atoms with van der Waals surface area (Å²) in [7, 11) is 1.70. The Morgan fingerprint density at radius 1 is 1.57 bits per heavy atom. The van der Waals surface area contributed by atoms with Crippen molar-refractivity contribution >= 4 is 17.2 Å². The average molecular weight is 306 g/mol. The van der Waals surface area contributed by atoms with E-state index in [1.54, 1.807) is 12.4 Å². The van der Waals surface area contributed by atoms with Crippen molar-refractivity contribution in [3.05, 3.63) is 29.0 Å². The predicted octanol–water partition coefficient (Wildman–Crippen LogP) is 2.55. The number of aryl methyl sites for hydroxylation is 1. The molecule has 1 amide bonds. The maximum atomic E-state index is 12.3. The first-order valence-corrected chi connectivity index (χ1v) is 7.88. The topological polar surface area (TPSA) is 66.6 Å². The fourth-order valence-electron chi connectivity index (χ4n) is 2.22. The Labute approximate surface area is 127 Å². The van der Waals surface area contributed by atoms with E-state index in [0.29, 0.717) is 28.9 Å². The highest BCUT2D eigenvalue weighted by Crippen LogP contribution is 2.33. The summed E-state index contributed by atoms with van der Waals surface area (Å²) in [5.74, 6) is 1.69. The third-order valence-electron chi connectivity index (χ3n) is 3.65. The van der Waals surface area contributed by atoms with Gasteiger partial charge in [0.2, 0.25) is 0 Å². The van der Waals surface area contributed by atoms with E-state index < -0.39 is 6.10 Å². The van der Waals surface area contributed by atoms with Crippen molar-refractivity contribution in [1.82, 2.24) is 9.88 Å². The highest BCUT2D eigenvalue weighted by Gasteiger charge is 2.31. The van der Waals surface area contributed by atoms with Crippen LogP contribution >= 0.6 is 11.3 Å². The number of aliphatic hydroxyl groups excluding tert-OH is 1. The van der Waals surface area contributed by atoms with Crippen molar-refractivity contribution in [2.24, 2.45) is 5.92 Å². The van der Waals surface area contributed by atoms with Crippen molar-refractivity contribution in [3.8, 4) is 10.8 Å². The molecule has 21 heavy (non-hydrogen) atoms. The van der Waals surface area contributed by atoms with E-state index in [0.717, 1.165) is 18.6 Å². The molecule has 0 spiro atoms. The largest absolute Gasteiger partial charge is 0.459 e. The lowest BCUT2D eigenvalue weighted by Gasteiger charge is -2.19. The molecule has 0 aromatic carbocycles. The van der Waals surface area contributed by atoms with Crippen molar-refractivity contribution in [1.29, 1.82) is 0 Å². The van der Waals surface area contributed by atoms with E-state index in [2.05, 4.69) is 4.98 Å². The molecule has 6 heteroatoms. The van der Waals surface area contributed by atoms with Crippen molar-refractivity contribution in [2.75, 3.05) is 13.6 Å². The number of rotatable bonds is 5. The smallest absolute Gasteiger partial charge is 0.273 e. The van der Waals surface area contributed by atoms with Crippen molar-refractivity contribution < 1.29 is 14.3 Å². The molecule has 0 radical (unpaired) electrons. The van der Waals surface area contributed by atoms with Crippen LogP contribution < -0.4 is 0 Å². The molecule has 1 unspecified atom stereocenters. The number of carbonyl (C=O) groups is 1. The zero-order chi connectivity index (χ0) is 15.0. The van der Waals surface area contributed by atoms with Gasteiger partial charge in [-0.25, -0.2) is 4.98 Å². The molecule has 0 saturated heterocycles. The molecule has 1 aliphatic carbocycles. The summed E-state index contributed by atoms with van der Waals surface area (Å²) in [4.78, 5) is 18.2. The van der Waals surface area contributed by atoms with Crippen LogP contribution in [-0.2, 0) is 0 Å². The van der Waals surface area contributed by atoms with E-state index in [4.69, 9.17) is 4.42 Å². The second kappa shape index (κ2) is 5.61. The minimum atomic E-state index is -0.426. The lowest BCUT2D eigenvalue weighted by atomic mass is 10.2. The van der Waals surface area contributed by atoms with Crippen molar-refractivity contribution in [2.45, 2.75) is 25.9 Å². The first-order valence-electron chi connectivity index (χ1n) is 7.00. The Hall–Kier alpha value is -1.66. The minimum Gasteiger partial charge on any atom is -0.459 e. The summed E-state index contributed by atoms with van der Waals surface area (Å²) in [6.07, 6.45) is 1.69. The van der Waals surface area contributed by atoms with Crippen LogP contribution in [0.1, 0.15) is 29.1 Å². The van der Waals surface area contributed by atoms with E-state index in [1.165, 1.54) is 16.2 Å². The van der Waals surface area contributed by atoms with Gasteiger partial charge in [-0.15, -0.1) is 11.3 Å². The summed E-state index contributed by atoms with van der Waals surface area (Å²) < 4.78 is 5.51. The van der Waals surface area contributed by atoms with Crippen LogP contribution in [-0.4, -0.2) is 40.6 Å². The third-order valence-corrected chi connectivity index (χ3v) is 4.51. The Bertz CT molecular complexity index is 645. The molecule has 0 bridgehead atoms. The predicted molar refractivity (Wildman–Crippen MR) is 80.2 cm³/mol. The highest BCUT2D eigenvalue weighted by atomic mass is 32.1. The van der Waals surface area contributed by atoms with Gasteiger partial charge in [-0.2, -0.15) is 0 Å². The lowest BCUT2D eigenvalue weighted by Crippen LogP contribution is -2.35. The molecule has 1 N–H and O–H groups in total. The van der Waals surface area contributed by atoms with Crippen LogP contribution in [0.15, 0.2) is 21.9 Å². The van der Waals surface area contributed by atoms with E-state index >= 15 is 0 Å². The van der Waals surface area contributed by atoms with Gasteiger partial charge in [-0.05, 0) is 37.8 Å². The SMILES string of the molecule is Cc1ccc(-c2nc(C(=O)N(C)CC(O)C3CC3)cs2)o1. The Morgan fingerprint density at radius 3 is 2.95 bits per heavy atom. The van der Waals surface area contributed by atoms with Gasteiger partial charge >= 0.3 is 0 Å².